The van der Waals surface area contributed by atoms with Crippen molar-refractivity contribution in [3.05, 3.63) is 41.6 Å². The first-order valence-corrected chi connectivity index (χ1v) is 5.50. The molecule has 1 aromatic heterocycles. The summed E-state index contributed by atoms with van der Waals surface area (Å²) in [4.78, 5) is 11.7. The molecule has 7 heteroatoms. The molecule has 2 aromatic rings. The molecule has 1 aromatic carbocycles. The number of carbonyl (C=O) groups excluding carboxylic acids is 1. The number of hydrogen-bond acceptors (Lipinski definition) is 3. The van der Waals surface area contributed by atoms with Gasteiger partial charge in [0.05, 0.1) is 5.69 Å². The molecular weight excluding hydrogens is 254 g/mol. The number of nitrogens with zero attached hydrogens (tertiary/aromatic N) is 2. The molecule has 0 aliphatic rings. The maximum absolute atomic E-state index is 13.3. The fraction of sp³-hybridized carbons (Fsp3) is 0.167. The Morgan fingerprint density at radius 3 is 2.79 bits per heavy atom. The van der Waals surface area contributed by atoms with E-state index in [1.807, 2.05) is 0 Å². The van der Waals surface area contributed by atoms with Crippen molar-refractivity contribution in [1.82, 2.24) is 9.78 Å². The Kier molecular flexibility index (Phi) is 3.46. The third-order valence-corrected chi connectivity index (χ3v) is 2.50. The van der Waals surface area contributed by atoms with Crippen molar-refractivity contribution in [1.29, 1.82) is 0 Å². The maximum Gasteiger partial charge on any atom is 0.246 e. The fourth-order valence-corrected chi connectivity index (χ4v) is 1.61. The molecule has 0 aliphatic carbocycles. The smallest absolute Gasteiger partial charge is 0.246 e. The van der Waals surface area contributed by atoms with Crippen LogP contribution in [-0.2, 0) is 11.3 Å². The molecule has 0 spiro atoms. The summed E-state index contributed by atoms with van der Waals surface area (Å²) in [7, 11) is 0. The molecule has 3 N–H and O–H groups in total. The van der Waals surface area contributed by atoms with Crippen LogP contribution in [-0.4, -0.2) is 15.7 Å². The lowest BCUT2D eigenvalue weighted by Crippen LogP contribution is -2.21. The highest BCUT2D eigenvalue weighted by molar-refractivity contribution is 5.90. The van der Waals surface area contributed by atoms with Gasteiger partial charge in [0.1, 0.15) is 24.0 Å². The van der Waals surface area contributed by atoms with Crippen molar-refractivity contribution >= 4 is 17.4 Å². The number of nitrogen functional groups attached to an aromatic ring is 1. The van der Waals surface area contributed by atoms with E-state index in [9.17, 15) is 13.6 Å². The topological polar surface area (TPSA) is 72.9 Å². The molecule has 0 saturated carbocycles. The van der Waals surface area contributed by atoms with Gasteiger partial charge in [0, 0.05) is 17.8 Å². The highest BCUT2D eigenvalue weighted by Gasteiger charge is 2.10. The van der Waals surface area contributed by atoms with Gasteiger partial charge in [-0.1, -0.05) is 0 Å². The second-order valence-electron chi connectivity index (χ2n) is 4.04. The number of carbonyl (C=O) groups is 1. The molecule has 1 heterocycles. The number of rotatable bonds is 3. The first-order valence-electron chi connectivity index (χ1n) is 5.50. The van der Waals surface area contributed by atoms with Crippen LogP contribution in [0.3, 0.4) is 0 Å². The Morgan fingerprint density at radius 1 is 1.42 bits per heavy atom. The van der Waals surface area contributed by atoms with E-state index >= 15 is 0 Å². The highest BCUT2D eigenvalue weighted by Crippen LogP contribution is 2.15. The molecule has 2 rings (SSSR count). The summed E-state index contributed by atoms with van der Waals surface area (Å²) in [6, 6.07) is 4.44. The summed E-state index contributed by atoms with van der Waals surface area (Å²) in [6.07, 6.45) is 0. The first kappa shape index (κ1) is 13.0. The zero-order valence-corrected chi connectivity index (χ0v) is 10.2. The average Bonchev–Trinajstić information content (AvgIpc) is 2.62. The second-order valence-corrected chi connectivity index (χ2v) is 4.04. The van der Waals surface area contributed by atoms with Crippen LogP contribution < -0.4 is 11.1 Å². The molecule has 0 atom stereocenters. The van der Waals surface area contributed by atoms with Crippen molar-refractivity contribution in [3.8, 4) is 0 Å². The normalized spacial score (nSPS) is 10.5. The molecule has 100 valence electrons. The zero-order chi connectivity index (χ0) is 14.0. The van der Waals surface area contributed by atoms with E-state index < -0.39 is 17.5 Å². The number of anilines is 2. The molecule has 0 unspecified atom stereocenters. The molecule has 0 aliphatic heterocycles. The number of amides is 1. The second kappa shape index (κ2) is 5.05. The van der Waals surface area contributed by atoms with E-state index in [2.05, 4.69) is 10.4 Å². The van der Waals surface area contributed by atoms with E-state index in [0.717, 1.165) is 18.2 Å². The van der Waals surface area contributed by atoms with Gasteiger partial charge in [-0.15, -0.1) is 0 Å². The Bertz CT molecular complexity index is 624. The van der Waals surface area contributed by atoms with Gasteiger partial charge in [-0.25, -0.2) is 8.78 Å². The largest absolute Gasteiger partial charge is 0.382 e. The SMILES string of the molecule is Cc1cc(N)nn1CC(=O)Nc1cc(F)ccc1F. The first-order chi connectivity index (χ1) is 8.95. The summed E-state index contributed by atoms with van der Waals surface area (Å²) >= 11 is 0. The predicted octanol–water partition coefficient (Wildman–Crippen LogP) is 1.69. The van der Waals surface area contributed by atoms with Crippen LogP contribution in [0.15, 0.2) is 24.3 Å². The molecule has 19 heavy (non-hydrogen) atoms. The predicted molar refractivity (Wildman–Crippen MR) is 66.4 cm³/mol. The highest BCUT2D eigenvalue weighted by atomic mass is 19.1. The van der Waals surface area contributed by atoms with Gasteiger partial charge in [0.2, 0.25) is 5.91 Å². The van der Waals surface area contributed by atoms with Crippen LogP contribution >= 0.6 is 0 Å². The molecule has 0 fully saturated rings. The molecule has 0 radical (unpaired) electrons. The lowest BCUT2D eigenvalue weighted by Gasteiger charge is -2.07. The standard InChI is InChI=1S/C12H12F2N4O/c1-7-4-11(15)17-18(7)6-12(19)16-10-5-8(13)2-3-9(10)14/h2-5H,6H2,1H3,(H2,15,17)(H,16,19). The summed E-state index contributed by atoms with van der Waals surface area (Å²) < 4.78 is 27.6. The van der Waals surface area contributed by atoms with Crippen molar-refractivity contribution in [2.75, 3.05) is 11.1 Å². The molecule has 0 saturated heterocycles. The van der Waals surface area contributed by atoms with Crippen LogP contribution in [0.5, 0.6) is 0 Å². The van der Waals surface area contributed by atoms with Crippen LogP contribution in [0, 0.1) is 18.6 Å². The molecule has 0 bridgehead atoms. The van der Waals surface area contributed by atoms with Crippen LogP contribution in [0.1, 0.15) is 5.69 Å². The third-order valence-electron chi connectivity index (χ3n) is 2.50. The third kappa shape index (κ3) is 3.06. The van der Waals surface area contributed by atoms with Gasteiger partial charge in [-0.2, -0.15) is 5.10 Å². The van der Waals surface area contributed by atoms with Gasteiger partial charge in [0.15, 0.2) is 0 Å². The van der Waals surface area contributed by atoms with Gasteiger partial charge in [0.25, 0.3) is 0 Å². The van der Waals surface area contributed by atoms with E-state index in [0.29, 0.717) is 11.5 Å². The minimum Gasteiger partial charge on any atom is -0.382 e. The number of benzene rings is 1. The van der Waals surface area contributed by atoms with Crippen molar-refractivity contribution in [3.63, 3.8) is 0 Å². The maximum atomic E-state index is 13.3. The molecular formula is C12H12F2N4O. The number of halogens is 2. The van der Waals surface area contributed by atoms with E-state index in [1.54, 1.807) is 13.0 Å². The number of nitrogens with one attached hydrogen (secondary N) is 1. The Labute approximate surface area is 108 Å². The number of aromatic nitrogens is 2. The van der Waals surface area contributed by atoms with E-state index in [4.69, 9.17) is 5.73 Å². The average molecular weight is 266 g/mol. The fourth-order valence-electron chi connectivity index (χ4n) is 1.61. The lowest BCUT2D eigenvalue weighted by atomic mass is 10.3. The van der Waals surface area contributed by atoms with E-state index in [1.165, 1.54) is 4.68 Å². The van der Waals surface area contributed by atoms with Gasteiger partial charge in [-0.3, -0.25) is 9.48 Å². The summed E-state index contributed by atoms with van der Waals surface area (Å²) in [5, 5.41) is 6.18. The summed E-state index contributed by atoms with van der Waals surface area (Å²) in [5.41, 5.74) is 5.97. The van der Waals surface area contributed by atoms with Gasteiger partial charge < -0.3 is 11.1 Å². The molecule has 5 nitrogen and oxygen atoms in total. The van der Waals surface area contributed by atoms with Crippen molar-refractivity contribution in [2.45, 2.75) is 13.5 Å². The summed E-state index contributed by atoms with van der Waals surface area (Å²) in [5.74, 6) is -1.55. The quantitative estimate of drug-likeness (QED) is 0.887. The van der Waals surface area contributed by atoms with Crippen molar-refractivity contribution < 1.29 is 13.6 Å². The van der Waals surface area contributed by atoms with Gasteiger partial charge in [-0.05, 0) is 19.1 Å². The Morgan fingerprint density at radius 2 is 2.16 bits per heavy atom. The van der Waals surface area contributed by atoms with Gasteiger partial charge >= 0.3 is 0 Å². The van der Waals surface area contributed by atoms with Crippen LogP contribution in [0.25, 0.3) is 0 Å². The van der Waals surface area contributed by atoms with Crippen LogP contribution in [0.2, 0.25) is 0 Å². The van der Waals surface area contributed by atoms with Crippen molar-refractivity contribution in [2.24, 2.45) is 0 Å². The summed E-state index contributed by atoms with van der Waals surface area (Å²) in [6.45, 7) is 1.61. The molecule has 1 amide bonds. The zero-order valence-electron chi connectivity index (χ0n) is 10.2. The Balaban J connectivity index is 2.09. The lowest BCUT2D eigenvalue weighted by molar-refractivity contribution is -0.117. The Hall–Kier alpha value is -2.44. The number of hydrogen-bond donors (Lipinski definition) is 2. The minimum absolute atomic E-state index is 0.126. The number of nitrogens with two attached hydrogens (primary N) is 1. The van der Waals surface area contributed by atoms with Crippen LogP contribution in [0.4, 0.5) is 20.3 Å². The minimum atomic E-state index is -0.702. The van der Waals surface area contributed by atoms with E-state index in [-0.39, 0.29) is 12.2 Å². The number of aryl methyl sites for hydroxylation is 1. The monoisotopic (exact) mass is 266 g/mol.